The van der Waals surface area contributed by atoms with E-state index in [4.69, 9.17) is 0 Å². The first-order chi connectivity index (χ1) is 7.13. The summed E-state index contributed by atoms with van der Waals surface area (Å²) in [6.07, 6.45) is 1.22. The van der Waals surface area contributed by atoms with Crippen molar-refractivity contribution in [3.05, 3.63) is 35.4 Å². The van der Waals surface area contributed by atoms with Gasteiger partial charge in [0.25, 0.3) is 0 Å². The molecule has 0 unspecified atom stereocenters. The van der Waals surface area contributed by atoms with E-state index in [-0.39, 0.29) is 12.5 Å². The maximum Gasteiger partial charge on any atom is 0.220 e. The van der Waals surface area contributed by atoms with Crippen LogP contribution in [0.2, 0.25) is 0 Å². The van der Waals surface area contributed by atoms with Crippen molar-refractivity contribution in [1.29, 1.82) is 0 Å². The van der Waals surface area contributed by atoms with Gasteiger partial charge in [0.1, 0.15) is 0 Å². The summed E-state index contributed by atoms with van der Waals surface area (Å²) in [4.78, 5) is 11.1. The van der Waals surface area contributed by atoms with Gasteiger partial charge in [-0.3, -0.25) is 4.79 Å². The smallest absolute Gasteiger partial charge is 0.220 e. The number of hydrogen-bond acceptors (Lipinski definition) is 1. The predicted molar refractivity (Wildman–Crippen MR) is 53.1 cm³/mol. The average molecular weight is 213 g/mol. The van der Waals surface area contributed by atoms with E-state index >= 15 is 0 Å². The molecule has 0 atom stereocenters. The Hall–Kier alpha value is -1.45. The van der Waals surface area contributed by atoms with E-state index in [2.05, 4.69) is 5.32 Å². The second kappa shape index (κ2) is 5.44. The molecule has 0 aliphatic rings. The third-order valence-electron chi connectivity index (χ3n) is 1.95. The lowest BCUT2D eigenvalue weighted by atomic mass is 10.2. The molecular formula is C11H13F2NO. The van der Waals surface area contributed by atoms with Crippen LogP contribution in [0.1, 0.15) is 25.3 Å². The summed E-state index contributed by atoms with van der Waals surface area (Å²) in [7, 11) is 0. The van der Waals surface area contributed by atoms with Crippen LogP contribution < -0.4 is 5.32 Å². The first-order valence-corrected chi connectivity index (χ1v) is 4.84. The van der Waals surface area contributed by atoms with Crippen molar-refractivity contribution in [3.8, 4) is 0 Å². The van der Waals surface area contributed by atoms with Gasteiger partial charge in [-0.05, 0) is 24.1 Å². The van der Waals surface area contributed by atoms with Crippen LogP contribution in [0.3, 0.4) is 0 Å². The van der Waals surface area contributed by atoms with Crippen molar-refractivity contribution in [2.75, 3.05) is 0 Å². The Morgan fingerprint density at radius 1 is 1.33 bits per heavy atom. The summed E-state index contributed by atoms with van der Waals surface area (Å²) < 4.78 is 25.3. The van der Waals surface area contributed by atoms with Crippen LogP contribution >= 0.6 is 0 Å². The minimum Gasteiger partial charge on any atom is -0.352 e. The molecule has 0 saturated carbocycles. The van der Waals surface area contributed by atoms with Crippen LogP contribution in [-0.4, -0.2) is 5.91 Å². The molecule has 0 radical (unpaired) electrons. The number of carbonyl (C=O) groups excluding carboxylic acids is 1. The molecule has 1 amide bonds. The minimum atomic E-state index is -0.891. The number of hydrogen-bond donors (Lipinski definition) is 1. The van der Waals surface area contributed by atoms with E-state index in [1.54, 1.807) is 0 Å². The van der Waals surface area contributed by atoms with Gasteiger partial charge in [-0.2, -0.15) is 0 Å². The fourth-order valence-corrected chi connectivity index (χ4v) is 1.17. The molecule has 0 spiro atoms. The molecule has 1 N–H and O–H groups in total. The van der Waals surface area contributed by atoms with E-state index in [1.165, 1.54) is 6.07 Å². The van der Waals surface area contributed by atoms with Gasteiger partial charge in [0.2, 0.25) is 5.91 Å². The van der Waals surface area contributed by atoms with Gasteiger partial charge in [-0.1, -0.05) is 13.0 Å². The Labute approximate surface area is 87.3 Å². The second-order valence-electron chi connectivity index (χ2n) is 3.28. The third kappa shape index (κ3) is 3.65. The van der Waals surface area contributed by atoms with Gasteiger partial charge in [0, 0.05) is 13.0 Å². The van der Waals surface area contributed by atoms with Crippen molar-refractivity contribution in [2.45, 2.75) is 26.3 Å². The third-order valence-corrected chi connectivity index (χ3v) is 1.95. The van der Waals surface area contributed by atoms with E-state index in [0.29, 0.717) is 12.0 Å². The van der Waals surface area contributed by atoms with E-state index < -0.39 is 11.6 Å². The molecule has 1 aromatic carbocycles. The van der Waals surface area contributed by atoms with E-state index in [9.17, 15) is 13.6 Å². The van der Waals surface area contributed by atoms with Crippen molar-refractivity contribution < 1.29 is 13.6 Å². The average Bonchev–Trinajstić information content (AvgIpc) is 2.20. The zero-order valence-corrected chi connectivity index (χ0v) is 8.52. The molecule has 15 heavy (non-hydrogen) atoms. The number of amides is 1. The lowest BCUT2D eigenvalue weighted by Gasteiger charge is -2.04. The highest BCUT2D eigenvalue weighted by molar-refractivity contribution is 5.75. The fraction of sp³-hybridized carbons (Fsp3) is 0.364. The number of benzene rings is 1. The standard InChI is InChI=1S/C11H13F2NO/c1-2-3-11(15)14-7-8-4-5-9(12)10(13)6-8/h4-6H,2-3,7H2,1H3,(H,14,15). The van der Waals surface area contributed by atoms with Gasteiger partial charge in [0.15, 0.2) is 11.6 Å². The number of halogens is 2. The highest BCUT2D eigenvalue weighted by atomic mass is 19.2. The molecule has 0 heterocycles. The number of nitrogens with one attached hydrogen (secondary N) is 1. The highest BCUT2D eigenvalue weighted by Crippen LogP contribution is 2.08. The maximum atomic E-state index is 12.8. The number of carbonyl (C=O) groups is 1. The molecule has 0 fully saturated rings. The Balaban J connectivity index is 2.51. The van der Waals surface area contributed by atoms with Crippen molar-refractivity contribution in [2.24, 2.45) is 0 Å². The van der Waals surface area contributed by atoms with Crippen LogP contribution in [0.5, 0.6) is 0 Å². The van der Waals surface area contributed by atoms with Crippen LogP contribution in [0.4, 0.5) is 8.78 Å². The summed E-state index contributed by atoms with van der Waals surface area (Å²) in [5.41, 5.74) is 0.554. The van der Waals surface area contributed by atoms with Crippen molar-refractivity contribution >= 4 is 5.91 Å². The lowest BCUT2D eigenvalue weighted by Crippen LogP contribution is -2.22. The van der Waals surface area contributed by atoms with Gasteiger partial charge >= 0.3 is 0 Å². The lowest BCUT2D eigenvalue weighted by molar-refractivity contribution is -0.121. The normalized spacial score (nSPS) is 10.1. The summed E-state index contributed by atoms with van der Waals surface area (Å²) in [6, 6.07) is 3.59. The Kier molecular flexibility index (Phi) is 4.21. The monoisotopic (exact) mass is 213 g/mol. The zero-order valence-electron chi connectivity index (χ0n) is 8.52. The molecule has 0 saturated heterocycles. The Bertz CT molecular complexity index is 352. The molecule has 1 aromatic rings. The first-order valence-electron chi connectivity index (χ1n) is 4.84. The molecule has 0 aliphatic carbocycles. The first kappa shape index (κ1) is 11.6. The largest absolute Gasteiger partial charge is 0.352 e. The van der Waals surface area contributed by atoms with E-state index in [0.717, 1.165) is 18.6 Å². The fourth-order valence-electron chi connectivity index (χ4n) is 1.17. The molecule has 82 valence electrons. The van der Waals surface area contributed by atoms with E-state index in [1.807, 2.05) is 6.92 Å². The quantitative estimate of drug-likeness (QED) is 0.817. The van der Waals surface area contributed by atoms with Crippen LogP contribution in [0, 0.1) is 11.6 Å². The maximum absolute atomic E-state index is 12.8. The minimum absolute atomic E-state index is 0.0813. The van der Waals surface area contributed by atoms with Crippen LogP contribution in [0.15, 0.2) is 18.2 Å². The summed E-state index contributed by atoms with van der Waals surface area (Å²) >= 11 is 0. The Morgan fingerprint density at radius 2 is 2.07 bits per heavy atom. The molecule has 4 heteroatoms. The summed E-state index contributed by atoms with van der Waals surface area (Å²) in [5, 5.41) is 2.62. The second-order valence-corrected chi connectivity index (χ2v) is 3.28. The summed E-state index contributed by atoms with van der Waals surface area (Å²) in [5.74, 6) is -1.85. The topological polar surface area (TPSA) is 29.1 Å². The van der Waals surface area contributed by atoms with Crippen LogP contribution in [-0.2, 0) is 11.3 Å². The molecular weight excluding hydrogens is 200 g/mol. The van der Waals surface area contributed by atoms with Crippen molar-refractivity contribution in [1.82, 2.24) is 5.32 Å². The van der Waals surface area contributed by atoms with Crippen molar-refractivity contribution in [3.63, 3.8) is 0 Å². The molecule has 0 aliphatic heterocycles. The Morgan fingerprint density at radius 3 is 2.67 bits per heavy atom. The van der Waals surface area contributed by atoms with Gasteiger partial charge < -0.3 is 5.32 Å². The molecule has 0 bridgehead atoms. The summed E-state index contributed by atoms with van der Waals surface area (Å²) in [6.45, 7) is 2.13. The molecule has 0 aromatic heterocycles. The van der Waals surface area contributed by atoms with Crippen LogP contribution in [0.25, 0.3) is 0 Å². The molecule has 1 rings (SSSR count). The number of rotatable bonds is 4. The zero-order chi connectivity index (χ0) is 11.3. The molecule has 2 nitrogen and oxygen atoms in total. The van der Waals surface area contributed by atoms with Gasteiger partial charge in [-0.25, -0.2) is 8.78 Å². The highest BCUT2D eigenvalue weighted by Gasteiger charge is 2.03. The predicted octanol–water partition coefficient (Wildman–Crippen LogP) is 2.38. The van der Waals surface area contributed by atoms with Gasteiger partial charge in [0.05, 0.1) is 0 Å². The van der Waals surface area contributed by atoms with Gasteiger partial charge in [-0.15, -0.1) is 0 Å². The SMILES string of the molecule is CCCC(=O)NCc1ccc(F)c(F)c1.